The summed E-state index contributed by atoms with van der Waals surface area (Å²) in [6.07, 6.45) is 9.54. The minimum absolute atomic E-state index is 0.227. The standard InChI is InChI=1S/C20H26N6O/c1-13(2)15-12-23-26-10-8-17(24-19(15)26)16-7-9-21-20(25-16)22-11-14-5-3-4-6-18(14)27/h7-10,12-14,18,27H,3-6,11H2,1-2H3,(H,21,22,25)/t14-,18+/m0/s1. The van der Waals surface area contributed by atoms with Gasteiger partial charge in [-0.15, -0.1) is 0 Å². The topological polar surface area (TPSA) is 88.2 Å². The van der Waals surface area contributed by atoms with Crippen LogP contribution in [0, 0.1) is 5.92 Å². The van der Waals surface area contributed by atoms with E-state index >= 15 is 0 Å². The summed E-state index contributed by atoms with van der Waals surface area (Å²) in [5.41, 5.74) is 3.56. The molecule has 3 aromatic heterocycles. The van der Waals surface area contributed by atoms with Crippen molar-refractivity contribution < 1.29 is 5.11 Å². The number of hydrogen-bond acceptors (Lipinski definition) is 6. The summed E-state index contributed by atoms with van der Waals surface area (Å²) in [4.78, 5) is 13.7. The van der Waals surface area contributed by atoms with Crippen LogP contribution < -0.4 is 5.32 Å². The van der Waals surface area contributed by atoms with Crippen molar-refractivity contribution in [3.05, 3.63) is 36.3 Å². The summed E-state index contributed by atoms with van der Waals surface area (Å²) in [7, 11) is 0. The third kappa shape index (κ3) is 3.78. The molecule has 7 nitrogen and oxygen atoms in total. The number of nitrogens with zero attached hydrogens (tertiary/aromatic N) is 5. The zero-order valence-corrected chi connectivity index (χ0v) is 15.8. The Morgan fingerprint density at radius 2 is 2.00 bits per heavy atom. The Hall–Kier alpha value is -2.54. The molecule has 3 heterocycles. The van der Waals surface area contributed by atoms with Crippen molar-refractivity contribution in [2.75, 3.05) is 11.9 Å². The summed E-state index contributed by atoms with van der Waals surface area (Å²) in [5.74, 6) is 1.19. The molecule has 4 rings (SSSR count). The predicted octanol–water partition coefficient (Wildman–Crippen LogP) is 3.27. The van der Waals surface area contributed by atoms with Crippen molar-refractivity contribution in [2.45, 2.75) is 51.6 Å². The predicted molar refractivity (Wildman–Crippen MR) is 105 cm³/mol. The average Bonchev–Trinajstić information content (AvgIpc) is 3.11. The molecule has 0 bridgehead atoms. The van der Waals surface area contributed by atoms with Crippen molar-refractivity contribution in [1.29, 1.82) is 0 Å². The Morgan fingerprint density at radius 3 is 2.81 bits per heavy atom. The van der Waals surface area contributed by atoms with E-state index in [2.05, 4.69) is 34.2 Å². The van der Waals surface area contributed by atoms with Gasteiger partial charge in [-0.05, 0) is 30.9 Å². The van der Waals surface area contributed by atoms with Gasteiger partial charge < -0.3 is 10.4 Å². The Balaban J connectivity index is 1.55. The first kappa shape index (κ1) is 17.9. The fourth-order valence-electron chi connectivity index (χ4n) is 3.67. The van der Waals surface area contributed by atoms with Crippen LogP contribution in [0.5, 0.6) is 0 Å². The number of anilines is 1. The highest BCUT2D eigenvalue weighted by molar-refractivity contribution is 5.60. The lowest BCUT2D eigenvalue weighted by atomic mass is 9.86. The van der Waals surface area contributed by atoms with Crippen LogP contribution in [0.1, 0.15) is 51.0 Å². The molecule has 0 saturated heterocycles. The number of aliphatic hydroxyl groups is 1. The first-order valence-corrected chi connectivity index (χ1v) is 9.71. The summed E-state index contributed by atoms with van der Waals surface area (Å²) < 4.78 is 1.80. The zero-order chi connectivity index (χ0) is 18.8. The molecule has 27 heavy (non-hydrogen) atoms. The summed E-state index contributed by atoms with van der Waals surface area (Å²) in [6, 6.07) is 3.78. The fourth-order valence-corrected chi connectivity index (χ4v) is 3.67. The van der Waals surface area contributed by atoms with E-state index in [0.29, 0.717) is 18.4 Å². The molecule has 0 amide bonds. The van der Waals surface area contributed by atoms with Gasteiger partial charge in [-0.2, -0.15) is 5.10 Å². The number of nitrogens with one attached hydrogen (secondary N) is 1. The highest BCUT2D eigenvalue weighted by Gasteiger charge is 2.23. The first-order chi connectivity index (χ1) is 13.1. The zero-order valence-electron chi connectivity index (χ0n) is 15.8. The number of fused-ring (bicyclic) bond motifs is 1. The van der Waals surface area contributed by atoms with Crippen LogP contribution in [0.15, 0.2) is 30.7 Å². The van der Waals surface area contributed by atoms with Crippen molar-refractivity contribution in [2.24, 2.45) is 5.92 Å². The maximum absolute atomic E-state index is 10.1. The quantitative estimate of drug-likeness (QED) is 0.720. The van der Waals surface area contributed by atoms with E-state index in [-0.39, 0.29) is 12.0 Å². The van der Waals surface area contributed by atoms with Gasteiger partial charge in [0, 0.05) is 30.4 Å². The molecule has 7 heteroatoms. The van der Waals surface area contributed by atoms with E-state index in [1.807, 2.05) is 24.5 Å². The van der Waals surface area contributed by atoms with E-state index in [1.165, 1.54) is 6.42 Å². The van der Waals surface area contributed by atoms with Crippen LogP contribution >= 0.6 is 0 Å². The van der Waals surface area contributed by atoms with Gasteiger partial charge in [0.25, 0.3) is 0 Å². The molecule has 0 radical (unpaired) electrons. The SMILES string of the molecule is CC(C)c1cnn2ccc(-c3ccnc(NC[C@@H]4CCCC[C@H]4O)n3)nc12. The van der Waals surface area contributed by atoms with Crippen molar-refractivity contribution in [3.63, 3.8) is 0 Å². The molecule has 0 aliphatic heterocycles. The van der Waals surface area contributed by atoms with Crippen LogP contribution in [0.25, 0.3) is 17.0 Å². The normalized spacial score (nSPS) is 20.3. The van der Waals surface area contributed by atoms with Gasteiger partial charge in [0.15, 0.2) is 5.65 Å². The Morgan fingerprint density at radius 1 is 1.19 bits per heavy atom. The second-order valence-electron chi connectivity index (χ2n) is 7.59. The molecule has 2 atom stereocenters. The lowest BCUT2D eigenvalue weighted by Gasteiger charge is -2.27. The third-order valence-electron chi connectivity index (χ3n) is 5.33. The Labute approximate surface area is 158 Å². The van der Waals surface area contributed by atoms with Gasteiger partial charge in [0.1, 0.15) is 0 Å². The molecule has 1 aliphatic rings. The third-order valence-corrected chi connectivity index (χ3v) is 5.33. The maximum Gasteiger partial charge on any atom is 0.223 e. The minimum Gasteiger partial charge on any atom is -0.393 e. The number of hydrogen-bond donors (Lipinski definition) is 2. The van der Waals surface area contributed by atoms with Gasteiger partial charge in [0.05, 0.1) is 23.7 Å². The van der Waals surface area contributed by atoms with E-state index in [4.69, 9.17) is 4.98 Å². The van der Waals surface area contributed by atoms with Gasteiger partial charge in [-0.25, -0.2) is 19.5 Å². The van der Waals surface area contributed by atoms with Crippen LogP contribution in [0.3, 0.4) is 0 Å². The molecule has 0 spiro atoms. The van der Waals surface area contributed by atoms with Crippen molar-refractivity contribution in [1.82, 2.24) is 24.6 Å². The molecule has 0 aromatic carbocycles. The van der Waals surface area contributed by atoms with Gasteiger partial charge in [0.2, 0.25) is 5.95 Å². The van der Waals surface area contributed by atoms with Crippen LogP contribution in [0.2, 0.25) is 0 Å². The Bertz CT molecular complexity index is 922. The van der Waals surface area contributed by atoms with Gasteiger partial charge in [-0.3, -0.25) is 0 Å². The number of rotatable bonds is 5. The summed E-state index contributed by atoms with van der Waals surface area (Å²) >= 11 is 0. The molecule has 3 aromatic rings. The fraction of sp³-hybridized carbons (Fsp3) is 0.500. The maximum atomic E-state index is 10.1. The van der Waals surface area contributed by atoms with Crippen LogP contribution in [-0.2, 0) is 0 Å². The first-order valence-electron chi connectivity index (χ1n) is 9.71. The summed E-state index contributed by atoms with van der Waals surface area (Å²) in [5, 5.41) is 17.8. The Kier molecular flexibility index (Phi) is 5.03. The van der Waals surface area contributed by atoms with Gasteiger partial charge >= 0.3 is 0 Å². The highest BCUT2D eigenvalue weighted by Crippen LogP contribution is 2.25. The van der Waals surface area contributed by atoms with Crippen molar-refractivity contribution in [3.8, 4) is 11.4 Å². The van der Waals surface area contributed by atoms with Gasteiger partial charge in [-0.1, -0.05) is 26.7 Å². The molecule has 2 N–H and O–H groups in total. The second-order valence-corrected chi connectivity index (χ2v) is 7.59. The van der Waals surface area contributed by atoms with Crippen LogP contribution in [-0.4, -0.2) is 42.3 Å². The highest BCUT2D eigenvalue weighted by atomic mass is 16.3. The molecular weight excluding hydrogens is 340 g/mol. The largest absolute Gasteiger partial charge is 0.393 e. The lowest BCUT2D eigenvalue weighted by molar-refractivity contribution is 0.0762. The lowest BCUT2D eigenvalue weighted by Crippen LogP contribution is -2.30. The van der Waals surface area contributed by atoms with E-state index in [9.17, 15) is 5.11 Å². The van der Waals surface area contributed by atoms with Crippen LogP contribution in [0.4, 0.5) is 5.95 Å². The summed E-state index contributed by atoms with van der Waals surface area (Å²) in [6.45, 7) is 4.97. The second kappa shape index (κ2) is 7.60. The monoisotopic (exact) mass is 366 g/mol. The van der Waals surface area contributed by atoms with E-state index in [1.54, 1.807) is 10.7 Å². The molecule has 0 unspecified atom stereocenters. The molecule has 1 fully saturated rings. The molecular formula is C20H26N6O. The van der Waals surface area contributed by atoms with E-state index < -0.39 is 0 Å². The van der Waals surface area contributed by atoms with E-state index in [0.717, 1.165) is 41.9 Å². The average molecular weight is 366 g/mol. The van der Waals surface area contributed by atoms with Crippen molar-refractivity contribution >= 4 is 11.6 Å². The smallest absolute Gasteiger partial charge is 0.223 e. The molecule has 1 aliphatic carbocycles. The molecule has 142 valence electrons. The number of aliphatic hydroxyl groups excluding tert-OH is 1. The molecule has 1 saturated carbocycles. The number of aromatic nitrogens is 5. The minimum atomic E-state index is -0.227.